The molecular formula is C77H150O17P2. The summed E-state index contributed by atoms with van der Waals surface area (Å²) in [6, 6.07) is 0. The maximum Gasteiger partial charge on any atom is 0.472 e. The first-order chi connectivity index (χ1) is 46.2. The number of phosphoric ester groups is 2. The van der Waals surface area contributed by atoms with E-state index in [4.69, 9.17) is 37.0 Å². The van der Waals surface area contributed by atoms with Crippen molar-refractivity contribution in [2.75, 3.05) is 39.6 Å². The summed E-state index contributed by atoms with van der Waals surface area (Å²) in [4.78, 5) is 72.8. The Morgan fingerprint density at radius 2 is 0.479 bits per heavy atom. The highest BCUT2D eigenvalue weighted by Gasteiger charge is 2.30. The molecule has 3 N–H and O–H groups in total. The number of carbonyl (C=O) groups excluding carboxylic acids is 4. The second-order valence-corrected chi connectivity index (χ2v) is 32.1. The first-order valence-corrected chi connectivity index (χ1v) is 42.8. The number of hydrogen-bond donors (Lipinski definition) is 3. The molecule has 0 heterocycles. The van der Waals surface area contributed by atoms with E-state index in [2.05, 4.69) is 48.5 Å². The van der Waals surface area contributed by atoms with E-state index in [0.29, 0.717) is 31.6 Å². The van der Waals surface area contributed by atoms with E-state index in [1.165, 1.54) is 199 Å². The third kappa shape index (κ3) is 70.5. The molecule has 0 aliphatic rings. The van der Waals surface area contributed by atoms with Crippen LogP contribution in [0, 0.1) is 17.8 Å². The molecule has 0 bridgehead atoms. The minimum Gasteiger partial charge on any atom is -0.462 e. The van der Waals surface area contributed by atoms with Gasteiger partial charge in [-0.05, 0) is 43.4 Å². The molecular weight excluding hydrogens is 1260 g/mol. The molecule has 0 aromatic carbocycles. The second kappa shape index (κ2) is 67.5. The first-order valence-electron chi connectivity index (χ1n) is 39.8. The van der Waals surface area contributed by atoms with Gasteiger partial charge in [0.05, 0.1) is 26.4 Å². The van der Waals surface area contributed by atoms with Crippen LogP contribution in [0.4, 0.5) is 0 Å². The van der Waals surface area contributed by atoms with Gasteiger partial charge in [0.2, 0.25) is 0 Å². The lowest BCUT2D eigenvalue weighted by atomic mass is 10.0. The monoisotopic (exact) mass is 1410 g/mol. The molecule has 0 rings (SSSR count). The number of phosphoric acid groups is 2. The molecule has 0 amide bonds. The number of unbranched alkanes of at least 4 members (excludes halogenated alkanes) is 43. The molecule has 17 nitrogen and oxygen atoms in total. The van der Waals surface area contributed by atoms with E-state index in [-0.39, 0.29) is 25.7 Å². The summed E-state index contributed by atoms with van der Waals surface area (Å²) in [5.74, 6) is 0.0875. The fourth-order valence-corrected chi connectivity index (χ4v) is 13.4. The van der Waals surface area contributed by atoms with Crippen molar-refractivity contribution in [1.29, 1.82) is 0 Å². The molecule has 0 aromatic rings. The zero-order valence-corrected chi connectivity index (χ0v) is 64.6. The summed E-state index contributed by atoms with van der Waals surface area (Å²) in [7, 11) is -9.91. The molecule has 2 unspecified atom stereocenters. The van der Waals surface area contributed by atoms with Crippen LogP contribution in [-0.2, 0) is 65.4 Å². The predicted octanol–water partition coefficient (Wildman–Crippen LogP) is 22.6. The van der Waals surface area contributed by atoms with Crippen LogP contribution in [0.15, 0.2) is 0 Å². The number of esters is 4. The maximum atomic E-state index is 13.1. The lowest BCUT2D eigenvalue weighted by molar-refractivity contribution is -0.161. The molecule has 0 saturated heterocycles. The lowest BCUT2D eigenvalue weighted by Gasteiger charge is -2.21. The smallest absolute Gasteiger partial charge is 0.462 e. The quantitative estimate of drug-likeness (QED) is 0.0222. The van der Waals surface area contributed by atoms with Crippen LogP contribution < -0.4 is 0 Å². The average Bonchev–Trinajstić information content (AvgIpc) is 2.10. The summed E-state index contributed by atoms with van der Waals surface area (Å²) in [5, 5.41) is 10.6. The van der Waals surface area contributed by atoms with Crippen LogP contribution in [0.1, 0.15) is 395 Å². The van der Waals surface area contributed by atoms with Crippen molar-refractivity contribution >= 4 is 39.5 Å². The number of rotatable bonds is 75. The Labute approximate surface area is 588 Å². The molecule has 0 fully saturated rings. The van der Waals surface area contributed by atoms with E-state index < -0.39 is 97.5 Å². The number of aliphatic hydroxyl groups excluding tert-OH is 1. The van der Waals surface area contributed by atoms with Gasteiger partial charge in [0.25, 0.3) is 0 Å². The van der Waals surface area contributed by atoms with E-state index in [0.717, 1.165) is 108 Å². The minimum absolute atomic E-state index is 0.104. The first kappa shape index (κ1) is 94.1. The lowest BCUT2D eigenvalue weighted by Crippen LogP contribution is -2.30. The van der Waals surface area contributed by atoms with E-state index in [9.17, 15) is 43.2 Å². The van der Waals surface area contributed by atoms with E-state index >= 15 is 0 Å². The van der Waals surface area contributed by atoms with Gasteiger partial charge < -0.3 is 33.8 Å². The largest absolute Gasteiger partial charge is 0.472 e. The van der Waals surface area contributed by atoms with Gasteiger partial charge in [-0.25, -0.2) is 9.13 Å². The fraction of sp³-hybridized carbons (Fsp3) is 0.948. The van der Waals surface area contributed by atoms with Crippen molar-refractivity contribution in [3.63, 3.8) is 0 Å². The minimum atomic E-state index is -4.96. The van der Waals surface area contributed by atoms with Crippen molar-refractivity contribution in [2.24, 2.45) is 17.8 Å². The summed E-state index contributed by atoms with van der Waals surface area (Å²) in [5.41, 5.74) is 0. The second-order valence-electron chi connectivity index (χ2n) is 29.2. The summed E-state index contributed by atoms with van der Waals surface area (Å²) in [6.45, 7) is 11.8. The normalized spacial score (nSPS) is 14.1. The Morgan fingerprint density at radius 1 is 0.281 bits per heavy atom. The molecule has 96 heavy (non-hydrogen) atoms. The van der Waals surface area contributed by atoms with Crippen molar-refractivity contribution in [3.05, 3.63) is 0 Å². The van der Waals surface area contributed by atoms with Crippen LogP contribution in [0.3, 0.4) is 0 Å². The van der Waals surface area contributed by atoms with Crippen LogP contribution in [0.25, 0.3) is 0 Å². The number of carbonyl (C=O) groups is 4. The Morgan fingerprint density at radius 3 is 0.708 bits per heavy atom. The third-order valence-corrected chi connectivity index (χ3v) is 19.8. The molecule has 0 aliphatic carbocycles. The Hall–Kier alpha value is -1.94. The van der Waals surface area contributed by atoms with Gasteiger partial charge in [0.1, 0.15) is 19.3 Å². The SMILES string of the molecule is CCCCCCCCCCCCCCCCCCCCCC(=O)O[C@H](COC(=O)CCCCCCCCCCCCCCCC(C)C)COP(=O)(O)OC[C@@H](O)COP(=O)(O)OC[C@@H](COC(=O)CCCCCCCCC(C)C)OC(=O)CCCCCCCCCCCC(C)C. The van der Waals surface area contributed by atoms with Crippen LogP contribution >= 0.6 is 15.6 Å². The fourth-order valence-electron chi connectivity index (χ4n) is 11.8. The van der Waals surface area contributed by atoms with Gasteiger partial charge in [-0.1, -0.05) is 344 Å². The molecule has 5 atom stereocenters. The van der Waals surface area contributed by atoms with Crippen molar-refractivity contribution in [3.8, 4) is 0 Å². The standard InChI is InChI=1S/C77H150O17P2/c1-8-9-10-11-12-13-14-15-16-17-18-19-20-23-27-32-37-46-53-60-76(81)93-72(64-87-74(79)58-51-44-36-31-26-24-21-22-25-29-34-41-48-55-68(2)3)66-91-95(83,84)89-62-71(78)63-90-96(85,86)92-67-73(65-88-75(80)59-52-45-40-39-43-50-57-70(6)7)94-77(82)61-54-47-38-33-28-30-35-42-49-56-69(4)5/h68-73,78H,8-67H2,1-7H3,(H,83,84)(H,85,86)/t71-,72-,73-/m1/s1. The molecule has 0 saturated carbocycles. The summed E-state index contributed by atoms with van der Waals surface area (Å²) < 4.78 is 68.5. The predicted molar refractivity (Wildman–Crippen MR) is 391 cm³/mol. The van der Waals surface area contributed by atoms with E-state index in [1.807, 2.05) is 0 Å². The highest BCUT2D eigenvalue weighted by molar-refractivity contribution is 7.47. The van der Waals surface area contributed by atoms with Crippen LogP contribution in [0.5, 0.6) is 0 Å². The molecule has 570 valence electrons. The number of aliphatic hydroxyl groups is 1. The topological polar surface area (TPSA) is 237 Å². The van der Waals surface area contributed by atoms with Crippen molar-refractivity contribution in [1.82, 2.24) is 0 Å². The Bertz CT molecular complexity index is 1870. The maximum absolute atomic E-state index is 13.1. The van der Waals surface area contributed by atoms with Crippen molar-refractivity contribution in [2.45, 2.75) is 414 Å². The number of hydrogen-bond acceptors (Lipinski definition) is 15. The van der Waals surface area contributed by atoms with Gasteiger partial charge in [0.15, 0.2) is 12.2 Å². The van der Waals surface area contributed by atoms with Gasteiger partial charge >= 0.3 is 39.5 Å². The molecule has 0 aliphatic heterocycles. The zero-order chi connectivity index (χ0) is 70.9. The summed E-state index contributed by atoms with van der Waals surface area (Å²) >= 11 is 0. The Balaban J connectivity index is 5.22. The van der Waals surface area contributed by atoms with Crippen LogP contribution in [-0.4, -0.2) is 96.7 Å². The molecule has 0 aromatic heterocycles. The highest BCUT2D eigenvalue weighted by atomic mass is 31.2. The third-order valence-electron chi connectivity index (χ3n) is 17.9. The van der Waals surface area contributed by atoms with Gasteiger partial charge in [0, 0.05) is 25.7 Å². The Kier molecular flexibility index (Phi) is 66.2. The van der Waals surface area contributed by atoms with Gasteiger partial charge in [-0.2, -0.15) is 0 Å². The molecule has 0 radical (unpaired) electrons. The summed E-state index contributed by atoms with van der Waals surface area (Å²) in [6.07, 6.45) is 54.4. The van der Waals surface area contributed by atoms with E-state index in [1.54, 1.807) is 0 Å². The zero-order valence-electron chi connectivity index (χ0n) is 62.8. The molecule has 19 heteroatoms. The van der Waals surface area contributed by atoms with Crippen LogP contribution in [0.2, 0.25) is 0 Å². The van der Waals surface area contributed by atoms with Gasteiger partial charge in [-0.3, -0.25) is 37.3 Å². The molecule has 0 spiro atoms. The highest BCUT2D eigenvalue weighted by Crippen LogP contribution is 2.45. The number of ether oxygens (including phenoxy) is 4. The average molecular weight is 1410 g/mol. The van der Waals surface area contributed by atoms with Gasteiger partial charge in [-0.15, -0.1) is 0 Å². The van der Waals surface area contributed by atoms with Crippen molar-refractivity contribution < 1.29 is 80.2 Å².